The first-order valence-corrected chi connectivity index (χ1v) is 8.09. The smallest absolute Gasteiger partial charge is 0.360 e. The highest BCUT2D eigenvalue weighted by molar-refractivity contribution is 6.42. The predicted molar refractivity (Wildman–Crippen MR) is 93.0 cm³/mol. The van der Waals surface area contributed by atoms with E-state index in [1.54, 1.807) is 24.3 Å². The SMILES string of the molecule is O=C1OC2[C@@H](O)COC2(N=Nc2ccccc2)/C1=N/Nc1ccccc1. The maximum Gasteiger partial charge on any atom is 0.360 e. The average Bonchev–Trinajstić information content (AvgIpc) is 3.13. The number of nitrogens with zero attached hydrogens (tertiary/aromatic N) is 3. The van der Waals surface area contributed by atoms with E-state index in [2.05, 4.69) is 20.8 Å². The molecular weight excluding hydrogens is 336 g/mol. The summed E-state index contributed by atoms with van der Waals surface area (Å²) in [6.45, 7) is -0.0316. The van der Waals surface area contributed by atoms with E-state index in [4.69, 9.17) is 9.47 Å². The Morgan fingerprint density at radius 1 is 1.08 bits per heavy atom. The maximum absolute atomic E-state index is 12.3. The fourth-order valence-corrected chi connectivity index (χ4v) is 2.84. The number of aliphatic hydroxyl groups is 1. The fraction of sp³-hybridized carbons (Fsp3) is 0.222. The number of nitrogens with one attached hydrogen (secondary N) is 1. The van der Waals surface area contributed by atoms with Gasteiger partial charge in [0.2, 0.25) is 5.71 Å². The van der Waals surface area contributed by atoms with E-state index in [-0.39, 0.29) is 12.3 Å². The molecule has 2 unspecified atom stereocenters. The molecule has 0 saturated carbocycles. The zero-order chi connectivity index (χ0) is 18.0. The molecule has 0 aliphatic carbocycles. The highest BCUT2D eigenvalue weighted by atomic mass is 16.6. The first-order chi connectivity index (χ1) is 12.7. The molecule has 2 aliphatic heterocycles. The number of esters is 1. The van der Waals surface area contributed by atoms with Crippen LogP contribution in [-0.2, 0) is 14.3 Å². The van der Waals surface area contributed by atoms with Gasteiger partial charge in [-0.3, -0.25) is 5.43 Å². The Labute approximate surface area is 149 Å². The number of ether oxygens (including phenoxy) is 2. The van der Waals surface area contributed by atoms with Crippen LogP contribution in [0, 0.1) is 0 Å². The average molecular weight is 352 g/mol. The number of carbonyl (C=O) groups is 1. The lowest BCUT2D eigenvalue weighted by Gasteiger charge is -2.19. The van der Waals surface area contributed by atoms with Crippen molar-refractivity contribution in [1.29, 1.82) is 0 Å². The van der Waals surface area contributed by atoms with Crippen LogP contribution in [-0.4, -0.2) is 41.3 Å². The summed E-state index contributed by atoms with van der Waals surface area (Å²) < 4.78 is 10.9. The van der Waals surface area contributed by atoms with Crippen LogP contribution in [0.4, 0.5) is 11.4 Å². The van der Waals surface area contributed by atoms with Crippen LogP contribution >= 0.6 is 0 Å². The molecule has 2 aliphatic rings. The monoisotopic (exact) mass is 352 g/mol. The molecule has 2 heterocycles. The summed E-state index contributed by atoms with van der Waals surface area (Å²) in [5.41, 5.74) is 2.40. The molecule has 0 bridgehead atoms. The van der Waals surface area contributed by atoms with Crippen LogP contribution in [0.15, 0.2) is 76.0 Å². The lowest BCUT2D eigenvalue weighted by molar-refractivity contribution is -0.141. The summed E-state index contributed by atoms with van der Waals surface area (Å²) >= 11 is 0. The molecule has 26 heavy (non-hydrogen) atoms. The summed E-state index contributed by atoms with van der Waals surface area (Å²) in [5.74, 6) is -0.704. The second kappa shape index (κ2) is 6.66. The topological polar surface area (TPSA) is 105 Å². The zero-order valence-electron chi connectivity index (χ0n) is 13.6. The molecule has 2 aromatic rings. The highest BCUT2D eigenvalue weighted by Crippen LogP contribution is 2.39. The van der Waals surface area contributed by atoms with Crippen molar-refractivity contribution in [2.75, 3.05) is 12.0 Å². The molecule has 2 saturated heterocycles. The Morgan fingerprint density at radius 2 is 1.77 bits per heavy atom. The van der Waals surface area contributed by atoms with Gasteiger partial charge in [0.1, 0.15) is 6.10 Å². The summed E-state index contributed by atoms with van der Waals surface area (Å²) in [6.07, 6.45) is -1.99. The molecule has 3 atom stereocenters. The number of hydrazone groups is 1. The van der Waals surface area contributed by atoms with Gasteiger partial charge >= 0.3 is 5.97 Å². The van der Waals surface area contributed by atoms with E-state index < -0.39 is 23.9 Å². The summed E-state index contributed by atoms with van der Waals surface area (Å²) in [4.78, 5) is 12.3. The van der Waals surface area contributed by atoms with Crippen LogP contribution < -0.4 is 5.43 Å². The molecule has 0 aromatic heterocycles. The Balaban J connectivity index is 1.69. The summed E-state index contributed by atoms with van der Waals surface area (Å²) in [5, 5.41) is 22.6. The highest BCUT2D eigenvalue weighted by Gasteiger charge is 2.64. The van der Waals surface area contributed by atoms with Gasteiger partial charge in [-0.25, -0.2) is 4.79 Å². The minimum Gasteiger partial charge on any atom is -0.449 e. The maximum atomic E-state index is 12.3. The first-order valence-electron chi connectivity index (χ1n) is 8.09. The number of fused-ring (bicyclic) bond motifs is 1. The van der Waals surface area contributed by atoms with E-state index in [9.17, 15) is 9.90 Å². The molecule has 4 rings (SSSR count). The van der Waals surface area contributed by atoms with Crippen molar-refractivity contribution in [2.45, 2.75) is 17.9 Å². The van der Waals surface area contributed by atoms with Crippen molar-refractivity contribution in [1.82, 2.24) is 0 Å². The number of hydrogen-bond acceptors (Lipinski definition) is 8. The van der Waals surface area contributed by atoms with Gasteiger partial charge in [0, 0.05) is 0 Å². The lowest BCUT2D eigenvalue weighted by Crippen LogP contribution is -2.43. The van der Waals surface area contributed by atoms with Crippen LogP contribution in [0.3, 0.4) is 0 Å². The number of rotatable bonds is 4. The number of azo groups is 1. The normalized spacial score (nSPS) is 29.1. The third kappa shape index (κ3) is 2.85. The van der Waals surface area contributed by atoms with Gasteiger partial charge in [0.25, 0.3) is 5.72 Å². The largest absolute Gasteiger partial charge is 0.449 e. The minimum atomic E-state index is -1.58. The molecule has 2 N–H and O–H groups in total. The molecule has 0 spiro atoms. The molecule has 132 valence electrons. The van der Waals surface area contributed by atoms with Gasteiger partial charge in [0.15, 0.2) is 6.10 Å². The lowest BCUT2D eigenvalue weighted by atomic mass is 10.0. The molecule has 0 amide bonds. The van der Waals surface area contributed by atoms with Crippen molar-refractivity contribution >= 4 is 23.1 Å². The Kier molecular flexibility index (Phi) is 4.19. The Morgan fingerprint density at radius 3 is 2.50 bits per heavy atom. The fourth-order valence-electron chi connectivity index (χ4n) is 2.84. The van der Waals surface area contributed by atoms with E-state index in [1.165, 1.54) is 0 Å². The second-order valence-electron chi connectivity index (χ2n) is 5.87. The van der Waals surface area contributed by atoms with Gasteiger partial charge in [-0.2, -0.15) is 10.2 Å². The molecule has 0 radical (unpaired) electrons. The molecule has 8 heteroatoms. The van der Waals surface area contributed by atoms with Gasteiger partial charge in [0.05, 0.1) is 18.0 Å². The van der Waals surface area contributed by atoms with Crippen molar-refractivity contribution < 1.29 is 19.4 Å². The molecular formula is C18H16N4O4. The minimum absolute atomic E-state index is 0.0316. The Hall–Kier alpha value is -3.10. The third-order valence-electron chi connectivity index (χ3n) is 4.12. The van der Waals surface area contributed by atoms with Crippen molar-refractivity contribution in [2.24, 2.45) is 15.3 Å². The predicted octanol–water partition coefficient (Wildman–Crippen LogP) is 2.25. The number of anilines is 1. The molecule has 8 nitrogen and oxygen atoms in total. The van der Waals surface area contributed by atoms with E-state index in [1.807, 2.05) is 36.4 Å². The number of benzene rings is 2. The quantitative estimate of drug-likeness (QED) is 0.499. The van der Waals surface area contributed by atoms with Crippen LogP contribution in [0.2, 0.25) is 0 Å². The third-order valence-corrected chi connectivity index (χ3v) is 4.12. The van der Waals surface area contributed by atoms with Crippen molar-refractivity contribution in [3.8, 4) is 0 Å². The standard InChI is InChI=1S/C18H16N4O4/c23-14-11-25-18(22-20-13-9-5-2-6-10-13)15(17(24)26-16(14)18)21-19-12-7-3-1-4-8-12/h1-10,14,16,19,23H,11H2/b21-15+,22-20?/t14-,16?,18?/m0/s1. The number of para-hydroxylation sites is 1. The summed E-state index contributed by atoms with van der Waals surface area (Å²) in [7, 11) is 0. The van der Waals surface area contributed by atoms with Crippen LogP contribution in [0.1, 0.15) is 0 Å². The number of hydrogen-bond donors (Lipinski definition) is 2. The second-order valence-corrected chi connectivity index (χ2v) is 5.87. The van der Waals surface area contributed by atoms with Gasteiger partial charge in [-0.15, -0.1) is 5.11 Å². The van der Waals surface area contributed by atoms with Crippen LogP contribution in [0.5, 0.6) is 0 Å². The molecule has 2 aromatic carbocycles. The molecule has 2 fully saturated rings. The van der Waals surface area contributed by atoms with Crippen molar-refractivity contribution in [3.05, 3.63) is 60.7 Å². The van der Waals surface area contributed by atoms with Gasteiger partial charge < -0.3 is 14.6 Å². The van der Waals surface area contributed by atoms with E-state index in [0.29, 0.717) is 11.4 Å². The van der Waals surface area contributed by atoms with Crippen LogP contribution in [0.25, 0.3) is 0 Å². The number of aliphatic hydroxyl groups excluding tert-OH is 1. The zero-order valence-corrected chi connectivity index (χ0v) is 13.6. The van der Waals surface area contributed by atoms with E-state index in [0.717, 1.165) is 0 Å². The van der Waals surface area contributed by atoms with Gasteiger partial charge in [-0.05, 0) is 24.3 Å². The van der Waals surface area contributed by atoms with E-state index >= 15 is 0 Å². The first kappa shape index (κ1) is 16.4. The van der Waals surface area contributed by atoms with Crippen molar-refractivity contribution in [3.63, 3.8) is 0 Å². The Bertz CT molecular complexity index is 856. The van der Waals surface area contributed by atoms with Gasteiger partial charge in [-0.1, -0.05) is 36.4 Å². The number of carbonyl (C=O) groups excluding carboxylic acids is 1. The summed E-state index contributed by atoms with van der Waals surface area (Å²) in [6, 6.07) is 18.1.